The molecule has 0 aliphatic carbocycles. The van der Waals surface area contributed by atoms with Crippen LogP contribution in [0, 0.1) is 6.92 Å². The summed E-state index contributed by atoms with van der Waals surface area (Å²) in [6, 6.07) is 19.9. The molecule has 0 saturated carbocycles. The minimum Gasteiger partial charge on any atom is -0.476 e. The molecule has 160 valence electrons. The number of hydrogen-bond acceptors (Lipinski definition) is 7. The standard InChI is InChI=1S/C23H19N5O4/c1-15-5-7-16(8-6-15)14-28-21(29)20(22(30)31)26-27-23(28)25-17-9-11-18(12-10-17)32-19-4-2-3-13-24-19/h2-13H,14H2,1H3,(H,25,27)(H,30,31). The molecule has 0 aliphatic heterocycles. The maximum atomic E-state index is 12.8. The predicted molar refractivity (Wildman–Crippen MR) is 118 cm³/mol. The van der Waals surface area contributed by atoms with E-state index in [9.17, 15) is 14.7 Å². The Kier molecular flexibility index (Phi) is 5.89. The van der Waals surface area contributed by atoms with E-state index in [1.54, 1.807) is 42.6 Å². The number of carboxylic acid groups (broad SMARTS) is 1. The fourth-order valence-corrected chi connectivity index (χ4v) is 2.93. The van der Waals surface area contributed by atoms with Crippen LogP contribution in [0.1, 0.15) is 21.6 Å². The van der Waals surface area contributed by atoms with Gasteiger partial charge in [-0.25, -0.2) is 9.78 Å². The van der Waals surface area contributed by atoms with E-state index in [2.05, 4.69) is 20.5 Å². The summed E-state index contributed by atoms with van der Waals surface area (Å²) in [5, 5.41) is 19.8. The summed E-state index contributed by atoms with van der Waals surface area (Å²) in [7, 11) is 0. The molecule has 2 N–H and O–H groups in total. The Hall–Kier alpha value is -4.53. The van der Waals surface area contributed by atoms with Gasteiger partial charge in [0.15, 0.2) is 0 Å². The number of hydrogen-bond donors (Lipinski definition) is 2. The summed E-state index contributed by atoms with van der Waals surface area (Å²) < 4.78 is 6.92. The van der Waals surface area contributed by atoms with Crippen LogP contribution in [0.2, 0.25) is 0 Å². The van der Waals surface area contributed by atoms with Crippen LogP contribution in [0.15, 0.2) is 77.7 Å². The van der Waals surface area contributed by atoms with Crippen molar-refractivity contribution in [1.82, 2.24) is 19.7 Å². The van der Waals surface area contributed by atoms with Gasteiger partial charge in [-0.05, 0) is 42.8 Å². The van der Waals surface area contributed by atoms with Gasteiger partial charge in [0.1, 0.15) is 5.75 Å². The van der Waals surface area contributed by atoms with Gasteiger partial charge in [0.05, 0.1) is 6.54 Å². The molecule has 0 saturated heterocycles. The molecule has 32 heavy (non-hydrogen) atoms. The van der Waals surface area contributed by atoms with E-state index in [1.165, 1.54) is 4.57 Å². The number of carbonyl (C=O) groups is 1. The Bertz CT molecular complexity index is 1290. The maximum Gasteiger partial charge on any atom is 0.362 e. The van der Waals surface area contributed by atoms with Crippen molar-refractivity contribution < 1.29 is 14.6 Å². The lowest BCUT2D eigenvalue weighted by molar-refractivity contribution is 0.0686. The van der Waals surface area contributed by atoms with Gasteiger partial charge >= 0.3 is 5.97 Å². The van der Waals surface area contributed by atoms with Crippen molar-refractivity contribution in [2.24, 2.45) is 0 Å². The highest BCUT2D eigenvalue weighted by atomic mass is 16.5. The number of aromatic nitrogens is 4. The Morgan fingerprint density at radius 1 is 1.03 bits per heavy atom. The zero-order valence-corrected chi connectivity index (χ0v) is 17.1. The first-order valence-corrected chi connectivity index (χ1v) is 9.72. The first-order valence-electron chi connectivity index (χ1n) is 9.72. The van der Waals surface area contributed by atoms with E-state index in [4.69, 9.17) is 4.74 Å². The molecule has 2 aromatic carbocycles. The third kappa shape index (κ3) is 4.78. The number of carboxylic acids is 1. The number of aryl methyl sites for hydroxylation is 1. The molecular weight excluding hydrogens is 410 g/mol. The van der Waals surface area contributed by atoms with Crippen LogP contribution < -0.4 is 15.6 Å². The normalized spacial score (nSPS) is 10.5. The monoisotopic (exact) mass is 429 g/mol. The Morgan fingerprint density at radius 3 is 2.44 bits per heavy atom. The largest absolute Gasteiger partial charge is 0.476 e. The van der Waals surface area contributed by atoms with E-state index in [-0.39, 0.29) is 12.5 Å². The molecule has 0 aliphatic rings. The van der Waals surface area contributed by atoms with Gasteiger partial charge in [0.25, 0.3) is 5.56 Å². The highest BCUT2D eigenvalue weighted by molar-refractivity contribution is 5.84. The number of nitrogens with one attached hydrogen (secondary N) is 1. The summed E-state index contributed by atoms with van der Waals surface area (Å²) in [6.45, 7) is 2.10. The van der Waals surface area contributed by atoms with Gasteiger partial charge in [-0.15, -0.1) is 10.2 Å². The molecule has 0 atom stereocenters. The molecule has 4 aromatic rings. The first-order chi connectivity index (χ1) is 15.5. The van der Waals surface area contributed by atoms with Gasteiger partial charge in [-0.2, -0.15) is 0 Å². The zero-order chi connectivity index (χ0) is 22.5. The molecular formula is C23H19N5O4. The molecule has 2 aromatic heterocycles. The minimum absolute atomic E-state index is 0.124. The van der Waals surface area contributed by atoms with E-state index in [0.29, 0.717) is 17.3 Å². The number of ether oxygens (including phenoxy) is 1. The predicted octanol–water partition coefficient (Wildman–Crippen LogP) is 3.62. The molecule has 0 fully saturated rings. The van der Waals surface area contributed by atoms with E-state index >= 15 is 0 Å². The van der Waals surface area contributed by atoms with Crippen LogP contribution in [0.4, 0.5) is 11.6 Å². The summed E-state index contributed by atoms with van der Waals surface area (Å²) in [5.74, 6) is -0.254. The number of benzene rings is 2. The van der Waals surface area contributed by atoms with Crippen molar-refractivity contribution in [3.8, 4) is 11.6 Å². The van der Waals surface area contributed by atoms with Crippen molar-refractivity contribution in [2.75, 3.05) is 5.32 Å². The van der Waals surface area contributed by atoms with E-state index in [1.807, 2.05) is 37.3 Å². The molecule has 2 heterocycles. The van der Waals surface area contributed by atoms with Gasteiger partial charge in [0, 0.05) is 18.0 Å². The maximum absolute atomic E-state index is 12.8. The smallest absolute Gasteiger partial charge is 0.362 e. The average Bonchev–Trinajstić information content (AvgIpc) is 2.79. The SMILES string of the molecule is Cc1ccc(Cn2c(Nc3ccc(Oc4ccccn4)cc3)nnc(C(=O)O)c2=O)cc1. The summed E-state index contributed by atoms with van der Waals surface area (Å²) in [4.78, 5) is 28.2. The summed E-state index contributed by atoms with van der Waals surface area (Å²) in [5.41, 5.74) is 1.14. The third-order valence-electron chi connectivity index (χ3n) is 4.58. The van der Waals surface area contributed by atoms with Crippen LogP contribution in [-0.2, 0) is 6.54 Å². The molecule has 0 spiro atoms. The molecule has 0 unspecified atom stereocenters. The van der Waals surface area contributed by atoms with Crippen LogP contribution in [0.5, 0.6) is 11.6 Å². The Labute approximate surface area is 183 Å². The molecule has 0 radical (unpaired) electrons. The molecule has 0 amide bonds. The quantitative estimate of drug-likeness (QED) is 0.457. The number of nitrogens with zero attached hydrogens (tertiary/aromatic N) is 4. The molecule has 9 nitrogen and oxygen atoms in total. The minimum atomic E-state index is -1.43. The summed E-state index contributed by atoms with van der Waals surface area (Å²) >= 11 is 0. The zero-order valence-electron chi connectivity index (χ0n) is 17.1. The molecule has 4 rings (SSSR count). The second-order valence-corrected chi connectivity index (χ2v) is 6.97. The number of rotatable bonds is 7. The van der Waals surface area contributed by atoms with Crippen molar-refractivity contribution in [2.45, 2.75) is 13.5 Å². The lowest BCUT2D eigenvalue weighted by atomic mass is 10.1. The average molecular weight is 429 g/mol. The van der Waals surface area contributed by atoms with Crippen molar-refractivity contribution in [3.63, 3.8) is 0 Å². The van der Waals surface area contributed by atoms with E-state index in [0.717, 1.165) is 11.1 Å². The van der Waals surface area contributed by atoms with Crippen LogP contribution in [0.25, 0.3) is 0 Å². The fraction of sp³-hybridized carbons (Fsp3) is 0.0870. The van der Waals surface area contributed by atoms with Crippen molar-refractivity contribution in [1.29, 1.82) is 0 Å². The second kappa shape index (κ2) is 9.09. The fourth-order valence-electron chi connectivity index (χ4n) is 2.93. The van der Waals surface area contributed by atoms with Gasteiger partial charge < -0.3 is 15.2 Å². The Morgan fingerprint density at radius 2 is 1.78 bits per heavy atom. The van der Waals surface area contributed by atoms with Crippen molar-refractivity contribution in [3.05, 3.63) is 100 Å². The second-order valence-electron chi connectivity index (χ2n) is 6.97. The Balaban J connectivity index is 1.61. The van der Waals surface area contributed by atoms with Gasteiger partial charge in [-0.3, -0.25) is 9.36 Å². The van der Waals surface area contributed by atoms with E-state index < -0.39 is 17.2 Å². The highest BCUT2D eigenvalue weighted by Crippen LogP contribution is 2.22. The van der Waals surface area contributed by atoms with Crippen molar-refractivity contribution >= 4 is 17.6 Å². The van der Waals surface area contributed by atoms with Crippen LogP contribution in [-0.4, -0.2) is 30.8 Å². The summed E-state index contributed by atoms with van der Waals surface area (Å²) in [6.07, 6.45) is 1.64. The number of pyridine rings is 1. The molecule has 9 heteroatoms. The number of aromatic carboxylic acids is 1. The first kappa shape index (κ1) is 20.7. The third-order valence-corrected chi connectivity index (χ3v) is 4.58. The van der Waals surface area contributed by atoms with Gasteiger partial charge in [0.2, 0.25) is 17.5 Å². The lowest BCUT2D eigenvalue weighted by Crippen LogP contribution is -2.31. The number of anilines is 2. The highest BCUT2D eigenvalue weighted by Gasteiger charge is 2.18. The van der Waals surface area contributed by atoms with Crippen LogP contribution in [0.3, 0.4) is 0 Å². The van der Waals surface area contributed by atoms with Crippen LogP contribution >= 0.6 is 0 Å². The van der Waals surface area contributed by atoms with Gasteiger partial charge in [-0.1, -0.05) is 35.9 Å². The topological polar surface area (TPSA) is 119 Å². The lowest BCUT2D eigenvalue weighted by Gasteiger charge is -2.14. The molecule has 0 bridgehead atoms.